The summed E-state index contributed by atoms with van der Waals surface area (Å²) in [6, 6.07) is 7.41. The summed E-state index contributed by atoms with van der Waals surface area (Å²) in [5, 5.41) is 17.3. The summed E-state index contributed by atoms with van der Waals surface area (Å²) in [5.41, 5.74) is 0. The second-order valence-electron chi connectivity index (χ2n) is 7.53. The molecule has 1 fully saturated rings. The Morgan fingerprint density at radius 1 is 1.32 bits per heavy atom. The van der Waals surface area contributed by atoms with E-state index in [0.717, 1.165) is 43.5 Å². The molecule has 2 N–H and O–H groups in total. The van der Waals surface area contributed by atoms with Crippen molar-refractivity contribution in [3.63, 3.8) is 0 Å². The first-order valence-electron chi connectivity index (χ1n) is 10.4. The van der Waals surface area contributed by atoms with Crippen molar-refractivity contribution >= 4 is 23.1 Å². The zero-order valence-corrected chi connectivity index (χ0v) is 18.6. The first-order valence-corrected chi connectivity index (χ1v) is 11.3. The predicted molar refractivity (Wildman–Crippen MR) is 121 cm³/mol. The Kier molecular flexibility index (Phi) is 6.76. The van der Waals surface area contributed by atoms with Crippen LogP contribution < -0.4 is 15.5 Å². The third-order valence-electron chi connectivity index (χ3n) is 5.37. The zero-order valence-electron chi connectivity index (χ0n) is 17.8. The van der Waals surface area contributed by atoms with Crippen molar-refractivity contribution < 1.29 is 4.39 Å². The third-order valence-corrected chi connectivity index (χ3v) is 6.31. The highest BCUT2D eigenvalue weighted by atomic mass is 32.1. The third kappa shape index (κ3) is 5.38. The number of nitrogens with one attached hydrogen (secondary N) is 2. The number of rotatable bonds is 7. The van der Waals surface area contributed by atoms with Crippen molar-refractivity contribution in [2.45, 2.75) is 32.4 Å². The van der Waals surface area contributed by atoms with Crippen molar-refractivity contribution in [3.05, 3.63) is 58.2 Å². The summed E-state index contributed by atoms with van der Waals surface area (Å²) in [6.07, 6.45) is 3.43. The first kappa shape index (κ1) is 21.2. The van der Waals surface area contributed by atoms with E-state index in [1.807, 2.05) is 23.4 Å². The Hall–Kier alpha value is -3.01. The molecule has 0 aromatic carbocycles. The highest BCUT2D eigenvalue weighted by Gasteiger charge is 2.26. The van der Waals surface area contributed by atoms with Crippen LogP contribution in [-0.4, -0.2) is 51.4 Å². The molecule has 0 spiro atoms. The Balaban J connectivity index is 1.40. The number of nitrogens with zero attached hydrogens (tertiary/aromatic N) is 6. The smallest absolute Gasteiger partial charge is 0.192 e. The molecule has 0 radical (unpaired) electrons. The lowest BCUT2D eigenvalue weighted by Gasteiger charge is -2.20. The molecule has 3 aromatic rings. The quantitative estimate of drug-likeness (QED) is 0.432. The Bertz CT molecular complexity index is 1020. The van der Waals surface area contributed by atoms with Gasteiger partial charge in [0, 0.05) is 43.8 Å². The van der Waals surface area contributed by atoms with Crippen LogP contribution in [0.4, 0.5) is 10.2 Å². The largest absolute Gasteiger partial charge is 0.356 e. The average molecular weight is 443 g/mol. The van der Waals surface area contributed by atoms with Gasteiger partial charge in [0.05, 0.1) is 0 Å². The van der Waals surface area contributed by atoms with E-state index in [-0.39, 0.29) is 11.9 Å². The molecule has 10 heteroatoms. The first-order chi connectivity index (χ1) is 15.1. The Morgan fingerprint density at radius 3 is 2.97 bits per heavy atom. The molecule has 8 nitrogen and oxygen atoms in total. The van der Waals surface area contributed by atoms with E-state index in [4.69, 9.17) is 4.99 Å². The van der Waals surface area contributed by atoms with Gasteiger partial charge in [-0.1, -0.05) is 6.07 Å². The van der Waals surface area contributed by atoms with Gasteiger partial charge in [-0.05, 0) is 43.3 Å². The van der Waals surface area contributed by atoms with Crippen molar-refractivity contribution in [1.82, 2.24) is 30.4 Å². The van der Waals surface area contributed by atoms with Crippen LogP contribution in [0.5, 0.6) is 0 Å². The van der Waals surface area contributed by atoms with E-state index in [1.54, 1.807) is 23.6 Å². The van der Waals surface area contributed by atoms with Gasteiger partial charge in [0.2, 0.25) is 0 Å². The minimum atomic E-state index is -0.288. The number of thiophene rings is 1. The molecule has 4 heterocycles. The molecular weight excluding hydrogens is 415 g/mol. The number of guanidine groups is 1. The SMILES string of the molecule is Cc1nnc(CN=C(NCCc2cccs2)NC2CCN(c3ncccc3F)C2)n1C. The molecule has 3 aromatic heterocycles. The van der Waals surface area contributed by atoms with Gasteiger partial charge in [-0.2, -0.15) is 0 Å². The fraction of sp³-hybridized carbons (Fsp3) is 0.429. The summed E-state index contributed by atoms with van der Waals surface area (Å²) in [7, 11) is 1.94. The minimum Gasteiger partial charge on any atom is -0.356 e. The van der Waals surface area contributed by atoms with Gasteiger partial charge in [-0.3, -0.25) is 0 Å². The maximum atomic E-state index is 14.1. The molecule has 1 aliphatic heterocycles. The maximum absolute atomic E-state index is 14.1. The number of halogens is 1. The van der Waals surface area contributed by atoms with Crippen LogP contribution in [0.1, 0.15) is 22.9 Å². The van der Waals surface area contributed by atoms with Crippen LogP contribution >= 0.6 is 11.3 Å². The van der Waals surface area contributed by atoms with E-state index in [9.17, 15) is 4.39 Å². The molecule has 0 aliphatic carbocycles. The summed E-state index contributed by atoms with van der Waals surface area (Å²) in [5.74, 6) is 2.51. The van der Waals surface area contributed by atoms with E-state index in [0.29, 0.717) is 18.9 Å². The molecule has 1 saturated heterocycles. The van der Waals surface area contributed by atoms with E-state index >= 15 is 0 Å². The van der Waals surface area contributed by atoms with Crippen LogP contribution in [0.2, 0.25) is 0 Å². The highest BCUT2D eigenvalue weighted by Crippen LogP contribution is 2.20. The fourth-order valence-corrected chi connectivity index (χ4v) is 4.23. The van der Waals surface area contributed by atoms with Gasteiger partial charge < -0.3 is 20.1 Å². The molecule has 31 heavy (non-hydrogen) atoms. The molecule has 1 aliphatic rings. The van der Waals surface area contributed by atoms with Crippen molar-refractivity contribution in [2.24, 2.45) is 12.0 Å². The number of hydrogen-bond acceptors (Lipinski definition) is 6. The number of aromatic nitrogens is 4. The van der Waals surface area contributed by atoms with Crippen LogP contribution in [0.3, 0.4) is 0 Å². The molecule has 0 saturated carbocycles. The van der Waals surface area contributed by atoms with Crippen molar-refractivity contribution in [3.8, 4) is 0 Å². The van der Waals surface area contributed by atoms with Gasteiger partial charge in [-0.15, -0.1) is 21.5 Å². The Labute approximate surface area is 185 Å². The lowest BCUT2D eigenvalue weighted by atomic mass is 10.3. The van der Waals surface area contributed by atoms with E-state index < -0.39 is 0 Å². The number of hydrogen-bond donors (Lipinski definition) is 2. The van der Waals surface area contributed by atoms with E-state index in [1.165, 1.54) is 10.9 Å². The van der Waals surface area contributed by atoms with Crippen LogP contribution in [0.25, 0.3) is 0 Å². The molecule has 0 amide bonds. The molecular formula is C21H27FN8S. The number of pyridine rings is 1. The van der Waals surface area contributed by atoms with Crippen molar-refractivity contribution in [1.29, 1.82) is 0 Å². The average Bonchev–Trinajstić information content (AvgIpc) is 3.51. The van der Waals surface area contributed by atoms with Gasteiger partial charge >= 0.3 is 0 Å². The predicted octanol–water partition coefficient (Wildman–Crippen LogP) is 2.28. The standard InChI is InChI=1S/C21H27FN8S/c1-15-27-28-19(29(15)2)13-25-21(24-10-7-17-5-4-12-31-17)26-16-8-11-30(14-16)20-18(22)6-3-9-23-20/h3-6,9,12,16H,7-8,10-11,13-14H2,1-2H3,(H2,24,25,26). The minimum absolute atomic E-state index is 0.149. The molecule has 164 valence electrons. The van der Waals surface area contributed by atoms with Gasteiger partial charge in [0.1, 0.15) is 12.4 Å². The van der Waals surface area contributed by atoms with Crippen molar-refractivity contribution in [2.75, 3.05) is 24.5 Å². The van der Waals surface area contributed by atoms with Crippen LogP contribution in [-0.2, 0) is 20.0 Å². The fourth-order valence-electron chi connectivity index (χ4n) is 3.52. The summed E-state index contributed by atoms with van der Waals surface area (Å²) in [6.45, 7) is 4.54. The zero-order chi connectivity index (χ0) is 21.6. The number of aryl methyl sites for hydroxylation is 1. The lowest BCUT2D eigenvalue weighted by Crippen LogP contribution is -2.45. The molecule has 0 bridgehead atoms. The maximum Gasteiger partial charge on any atom is 0.192 e. The lowest BCUT2D eigenvalue weighted by molar-refractivity contribution is 0.612. The van der Waals surface area contributed by atoms with E-state index in [2.05, 4.69) is 43.3 Å². The van der Waals surface area contributed by atoms with Crippen LogP contribution in [0, 0.1) is 12.7 Å². The van der Waals surface area contributed by atoms with Crippen LogP contribution in [0.15, 0.2) is 40.8 Å². The molecule has 1 unspecified atom stereocenters. The monoisotopic (exact) mass is 442 g/mol. The second kappa shape index (κ2) is 9.86. The van der Waals surface area contributed by atoms with Gasteiger partial charge in [0.15, 0.2) is 23.4 Å². The van der Waals surface area contributed by atoms with Gasteiger partial charge in [0.25, 0.3) is 0 Å². The Morgan fingerprint density at radius 2 is 2.23 bits per heavy atom. The summed E-state index contributed by atoms with van der Waals surface area (Å²) >= 11 is 1.75. The normalized spacial score (nSPS) is 16.7. The number of anilines is 1. The highest BCUT2D eigenvalue weighted by molar-refractivity contribution is 7.09. The molecule has 4 rings (SSSR count). The number of aliphatic imine (C=N–C) groups is 1. The molecule has 1 atom stereocenters. The second-order valence-corrected chi connectivity index (χ2v) is 8.56. The summed E-state index contributed by atoms with van der Waals surface area (Å²) in [4.78, 5) is 12.2. The summed E-state index contributed by atoms with van der Waals surface area (Å²) < 4.78 is 16.0. The van der Waals surface area contributed by atoms with Gasteiger partial charge in [-0.25, -0.2) is 14.4 Å². The topological polar surface area (TPSA) is 83.3 Å².